The number of urea groups is 1. The first-order chi connectivity index (χ1) is 12.0. The number of anilines is 1. The number of carbonyl (C=O) groups excluding carboxylic acids is 3. The van der Waals surface area contributed by atoms with Crippen LogP contribution in [0.5, 0.6) is 0 Å². The zero-order chi connectivity index (χ0) is 17.6. The Labute approximate surface area is 142 Å². The maximum absolute atomic E-state index is 11.7. The first kappa shape index (κ1) is 15.4. The number of hydrogen-bond acceptors (Lipinski definition) is 6. The fraction of sp³-hybridized carbons (Fsp3) is 0.375. The van der Waals surface area contributed by atoms with Gasteiger partial charge in [-0.15, -0.1) is 0 Å². The van der Waals surface area contributed by atoms with Crippen molar-refractivity contribution in [3.63, 3.8) is 0 Å². The molecular formula is C16H17N5O4. The Morgan fingerprint density at radius 3 is 2.92 bits per heavy atom. The molecule has 4 N–H and O–H groups in total. The van der Waals surface area contributed by atoms with Crippen LogP contribution in [-0.4, -0.2) is 35.9 Å². The van der Waals surface area contributed by atoms with Crippen molar-refractivity contribution < 1.29 is 18.8 Å². The van der Waals surface area contributed by atoms with Gasteiger partial charge in [-0.05, 0) is 25.0 Å². The Kier molecular flexibility index (Phi) is 3.56. The number of furan rings is 1. The summed E-state index contributed by atoms with van der Waals surface area (Å²) in [4.78, 5) is 41.0. The number of nitrogens with one attached hydrogen (secondary N) is 2. The lowest BCUT2D eigenvalue weighted by Crippen LogP contribution is -2.41. The van der Waals surface area contributed by atoms with Gasteiger partial charge in [0.2, 0.25) is 5.91 Å². The summed E-state index contributed by atoms with van der Waals surface area (Å²) in [5.41, 5.74) is 6.53. The third-order valence-corrected chi connectivity index (χ3v) is 4.58. The number of rotatable bonds is 3. The lowest BCUT2D eigenvalue weighted by atomic mass is 9.97. The highest BCUT2D eigenvalue weighted by Crippen LogP contribution is 2.28. The van der Waals surface area contributed by atoms with Gasteiger partial charge in [-0.25, -0.2) is 9.78 Å². The Morgan fingerprint density at radius 1 is 1.36 bits per heavy atom. The second-order valence-corrected chi connectivity index (χ2v) is 6.28. The van der Waals surface area contributed by atoms with Crippen molar-refractivity contribution in [1.82, 2.24) is 15.6 Å². The van der Waals surface area contributed by atoms with Crippen LogP contribution in [-0.2, 0) is 9.59 Å². The average molecular weight is 343 g/mol. The minimum atomic E-state index is -0.848. The van der Waals surface area contributed by atoms with E-state index in [4.69, 9.17) is 10.2 Å². The van der Waals surface area contributed by atoms with E-state index < -0.39 is 18.0 Å². The molecule has 0 bridgehead atoms. The van der Waals surface area contributed by atoms with Gasteiger partial charge in [0.25, 0.3) is 5.91 Å². The molecule has 9 nitrogen and oxygen atoms in total. The van der Waals surface area contributed by atoms with Crippen molar-refractivity contribution in [2.45, 2.75) is 18.9 Å². The number of primary amides is 1. The summed E-state index contributed by atoms with van der Waals surface area (Å²) in [6.45, 7) is 1.34. The quantitative estimate of drug-likeness (QED) is 0.692. The van der Waals surface area contributed by atoms with Crippen LogP contribution >= 0.6 is 0 Å². The molecule has 130 valence electrons. The molecule has 2 aliphatic rings. The molecule has 0 spiro atoms. The van der Waals surface area contributed by atoms with Crippen LogP contribution in [0.15, 0.2) is 22.6 Å². The number of carbonyl (C=O) groups is 3. The van der Waals surface area contributed by atoms with E-state index in [1.54, 1.807) is 12.1 Å². The summed E-state index contributed by atoms with van der Waals surface area (Å²) >= 11 is 0. The first-order valence-corrected chi connectivity index (χ1v) is 8.07. The third kappa shape index (κ3) is 2.77. The molecule has 2 unspecified atom stereocenters. The number of hydrogen-bond donors (Lipinski definition) is 3. The fourth-order valence-electron chi connectivity index (χ4n) is 3.29. The molecular weight excluding hydrogens is 326 g/mol. The summed E-state index contributed by atoms with van der Waals surface area (Å²) in [5, 5.41) is 4.66. The van der Waals surface area contributed by atoms with E-state index in [-0.39, 0.29) is 11.8 Å². The molecule has 4 heterocycles. The topological polar surface area (TPSA) is 131 Å². The largest absolute Gasteiger partial charge is 0.457 e. The SMILES string of the molecule is NC(=O)C1CCCN(c2ccc3oc(C4NC(=O)NC4=O)cc3n2)C1. The lowest BCUT2D eigenvalue weighted by molar-refractivity contribution is -0.122. The van der Waals surface area contributed by atoms with Crippen LogP contribution in [0.25, 0.3) is 11.1 Å². The summed E-state index contributed by atoms with van der Waals surface area (Å²) in [6, 6.07) is 3.83. The van der Waals surface area contributed by atoms with Crippen LogP contribution in [0.3, 0.4) is 0 Å². The summed E-state index contributed by atoms with van der Waals surface area (Å²) in [7, 11) is 0. The molecule has 0 saturated carbocycles. The molecule has 4 amide bonds. The maximum Gasteiger partial charge on any atom is 0.322 e. The molecule has 2 aromatic heterocycles. The van der Waals surface area contributed by atoms with Crippen molar-refractivity contribution in [3.05, 3.63) is 24.0 Å². The number of fused-ring (bicyclic) bond motifs is 1. The molecule has 0 aliphatic carbocycles. The van der Waals surface area contributed by atoms with Gasteiger partial charge in [0.05, 0.1) is 5.92 Å². The smallest absolute Gasteiger partial charge is 0.322 e. The van der Waals surface area contributed by atoms with Gasteiger partial charge in [0, 0.05) is 19.2 Å². The number of nitrogens with two attached hydrogens (primary N) is 1. The highest BCUT2D eigenvalue weighted by molar-refractivity contribution is 6.04. The Balaban J connectivity index is 1.61. The van der Waals surface area contributed by atoms with Crippen molar-refractivity contribution in [1.29, 1.82) is 0 Å². The van der Waals surface area contributed by atoms with Crippen LogP contribution in [0.4, 0.5) is 10.6 Å². The van der Waals surface area contributed by atoms with Crippen LogP contribution in [0.2, 0.25) is 0 Å². The van der Waals surface area contributed by atoms with Crippen molar-refractivity contribution >= 4 is 34.8 Å². The Hall–Kier alpha value is -3.10. The molecule has 4 rings (SSSR count). The first-order valence-electron chi connectivity index (χ1n) is 8.07. The van der Waals surface area contributed by atoms with Gasteiger partial charge >= 0.3 is 6.03 Å². The Morgan fingerprint density at radius 2 is 2.20 bits per heavy atom. The van der Waals surface area contributed by atoms with E-state index in [2.05, 4.69) is 15.6 Å². The van der Waals surface area contributed by atoms with E-state index in [1.165, 1.54) is 0 Å². The van der Waals surface area contributed by atoms with Gasteiger partial charge < -0.3 is 20.4 Å². The summed E-state index contributed by atoms with van der Waals surface area (Å²) < 4.78 is 5.64. The predicted molar refractivity (Wildman–Crippen MR) is 87.6 cm³/mol. The Bertz CT molecular complexity index is 877. The standard InChI is InChI=1S/C16H17N5O4/c17-14(22)8-2-1-5-21(7-8)12-4-3-10-9(18-12)6-11(25-10)13-15(23)20-16(24)19-13/h3-4,6,8,13H,1-2,5,7H2,(H2,17,22)(H2,19,20,23,24). The van der Waals surface area contributed by atoms with Crippen LogP contribution in [0, 0.1) is 5.92 Å². The number of amides is 4. The third-order valence-electron chi connectivity index (χ3n) is 4.58. The molecule has 25 heavy (non-hydrogen) atoms. The van der Waals surface area contributed by atoms with E-state index >= 15 is 0 Å². The zero-order valence-electron chi connectivity index (χ0n) is 13.3. The number of aromatic nitrogens is 1. The van der Waals surface area contributed by atoms with Gasteiger partial charge in [-0.2, -0.15) is 0 Å². The number of pyridine rings is 1. The fourth-order valence-corrected chi connectivity index (χ4v) is 3.29. The molecule has 2 atom stereocenters. The zero-order valence-corrected chi connectivity index (χ0v) is 13.3. The summed E-state index contributed by atoms with van der Waals surface area (Å²) in [6.07, 6.45) is 1.67. The summed E-state index contributed by atoms with van der Waals surface area (Å²) in [5.74, 6) is 0.134. The molecule has 2 saturated heterocycles. The normalized spacial score (nSPS) is 23.6. The second kappa shape index (κ2) is 5.76. The van der Waals surface area contributed by atoms with Crippen LogP contribution < -0.4 is 21.3 Å². The van der Waals surface area contributed by atoms with E-state index in [1.807, 2.05) is 11.0 Å². The molecule has 2 fully saturated rings. The monoisotopic (exact) mass is 343 g/mol. The predicted octanol–water partition coefficient (Wildman–Crippen LogP) is 0.410. The van der Waals surface area contributed by atoms with Gasteiger partial charge in [-0.3, -0.25) is 14.9 Å². The number of imide groups is 1. The highest BCUT2D eigenvalue weighted by Gasteiger charge is 2.34. The van der Waals surface area contributed by atoms with Gasteiger partial charge in [0.15, 0.2) is 11.6 Å². The van der Waals surface area contributed by atoms with Crippen molar-refractivity contribution in [3.8, 4) is 0 Å². The number of nitrogens with zero attached hydrogens (tertiary/aromatic N) is 2. The van der Waals surface area contributed by atoms with Crippen molar-refractivity contribution in [2.24, 2.45) is 11.7 Å². The molecule has 9 heteroatoms. The average Bonchev–Trinajstić information content (AvgIpc) is 3.16. The van der Waals surface area contributed by atoms with E-state index in [0.717, 1.165) is 25.2 Å². The molecule has 0 radical (unpaired) electrons. The molecule has 2 aliphatic heterocycles. The molecule has 0 aromatic carbocycles. The highest BCUT2D eigenvalue weighted by atomic mass is 16.3. The second-order valence-electron chi connectivity index (χ2n) is 6.28. The van der Waals surface area contributed by atoms with E-state index in [0.29, 0.717) is 23.4 Å². The van der Waals surface area contributed by atoms with Crippen molar-refractivity contribution in [2.75, 3.05) is 18.0 Å². The minimum absolute atomic E-state index is 0.177. The lowest BCUT2D eigenvalue weighted by Gasteiger charge is -2.32. The number of piperidine rings is 1. The molecule has 2 aromatic rings. The van der Waals surface area contributed by atoms with E-state index in [9.17, 15) is 14.4 Å². The minimum Gasteiger partial charge on any atom is -0.457 e. The van der Waals surface area contributed by atoms with Crippen LogP contribution in [0.1, 0.15) is 24.6 Å². The maximum atomic E-state index is 11.7. The van der Waals surface area contributed by atoms with Gasteiger partial charge in [-0.1, -0.05) is 0 Å². The van der Waals surface area contributed by atoms with Gasteiger partial charge in [0.1, 0.15) is 17.1 Å².